The summed E-state index contributed by atoms with van der Waals surface area (Å²) in [7, 11) is 1.90. The van der Waals surface area contributed by atoms with E-state index in [1.807, 2.05) is 7.05 Å². The molecule has 0 aromatic heterocycles. The molecule has 30 heavy (non-hydrogen) atoms. The lowest BCUT2D eigenvalue weighted by Gasteiger charge is -2.24. The molecular weight excluding hydrogens is 376 g/mol. The number of hydrogen-bond donors (Lipinski definition) is 1. The second-order valence-corrected chi connectivity index (χ2v) is 8.95. The molecule has 3 saturated heterocycles. The van der Waals surface area contributed by atoms with Crippen LogP contribution >= 0.6 is 0 Å². The molecule has 1 unspecified atom stereocenters. The molecule has 0 spiro atoms. The molecule has 4 rings (SSSR count). The molecule has 1 aromatic rings. The van der Waals surface area contributed by atoms with Crippen molar-refractivity contribution in [2.75, 3.05) is 53.0 Å². The lowest BCUT2D eigenvalue weighted by Crippen LogP contribution is -2.40. The van der Waals surface area contributed by atoms with Gasteiger partial charge in [-0.2, -0.15) is 0 Å². The first-order chi connectivity index (χ1) is 14.8. The van der Waals surface area contributed by atoms with Crippen molar-refractivity contribution >= 4 is 5.96 Å². The van der Waals surface area contributed by atoms with Gasteiger partial charge in [0.15, 0.2) is 5.96 Å². The van der Waals surface area contributed by atoms with Crippen LogP contribution < -0.4 is 5.32 Å². The minimum Gasteiger partial charge on any atom is -0.381 e. The number of nitrogens with one attached hydrogen (secondary N) is 1. The third-order valence-corrected chi connectivity index (χ3v) is 6.61. The molecule has 6 nitrogen and oxygen atoms in total. The van der Waals surface area contributed by atoms with Crippen molar-refractivity contribution in [3.05, 3.63) is 35.4 Å². The van der Waals surface area contributed by atoms with Crippen LogP contribution in [0.2, 0.25) is 0 Å². The summed E-state index contributed by atoms with van der Waals surface area (Å²) in [6.45, 7) is 9.18. The quantitative estimate of drug-likeness (QED) is 0.549. The maximum absolute atomic E-state index is 6.08. The van der Waals surface area contributed by atoms with Crippen LogP contribution in [-0.4, -0.2) is 74.8 Å². The second kappa shape index (κ2) is 11.1. The number of nitrogens with zero attached hydrogens (tertiary/aromatic N) is 3. The summed E-state index contributed by atoms with van der Waals surface area (Å²) in [6.07, 6.45) is 6.37. The van der Waals surface area contributed by atoms with Gasteiger partial charge in [-0.05, 0) is 62.2 Å². The molecule has 0 bridgehead atoms. The van der Waals surface area contributed by atoms with Crippen molar-refractivity contribution in [3.63, 3.8) is 0 Å². The highest BCUT2D eigenvalue weighted by Gasteiger charge is 2.27. The molecular formula is C24H38N4O2. The number of benzene rings is 1. The van der Waals surface area contributed by atoms with Crippen molar-refractivity contribution in [3.8, 4) is 0 Å². The van der Waals surface area contributed by atoms with Crippen LogP contribution in [0.5, 0.6) is 0 Å². The van der Waals surface area contributed by atoms with Crippen molar-refractivity contribution in [2.45, 2.75) is 51.4 Å². The molecule has 0 aliphatic carbocycles. The molecule has 3 heterocycles. The van der Waals surface area contributed by atoms with Crippen LogP contribution in [-0.2, 0) is 22.6 Å². The smallest absolute Gasteiger partial charge is 0.193 e. The molecule has 3 aliphatic heterocycles. The Hall–Kier alpha value is -1.63. The van der Waals surface area contributed by atoms with E-state index in [4.69, 9.17) is 9.47 Å². The maximum Gasteiger partial charge on any atom is 0.193 e. The zero-order chi connectivity index (χ0) is 20.6. The monoisotopic (exact) mass is 414 g/mol. The van der Waals surface area contributed by atoms with Gasteiger partial charge in [0, 0.05) is 46.4 Å². The van der Waals surface area contributed by atoms with Gasteiger partial charge in [-0.25, -0.2) is 0 Å². The Morgan fingerprint density at radius 2 is 1.93 bits per heavy atom. The first kappa shape index (κ1) is 21.6. The first-order valence-corrected chi connectivity index (χ1v) is 11.8. The summed E-state index contributed by atoms with van der Waals surface area (Å²) < 4.78 is 11.5. The SMILES string of the molecule is CN=C(NCc1cccc(COC2CCOCC2)c1)N1CCC(CN2CCCC2)C1. The van der Waals surface area contributed by atoms with E-state index in [1.165, 1.54) is 50.0 Å². The number of likely N-dealkylation sites (tertiary alicyclic amines) is 2. The van der Waals surface area contributed by atoms with Gasteiger partial charge in [0.2, 0.25) is 0 Å². The molecule has 1 N–H and O–H groups in total. The van der Waals surface area contributed by atoms with E-state index in [1.54, 1.807) is 0 Å². The van der Waals surface area contributed by atoms with E-state index in [9.17, 15) is 0 Å². The Morgan fingerprint density at radius 3 is 2.73 bits per heavy atom. The Bertz CT molecular complexity index is 684. The fraction of sp³-hybridized carbons (Fsp3) is 0.708. The van der Waals surface area contributed by atoms with E-state index in [0.717, 1.165) is 57.6 Å². The predicted octanol–water partition coefficient (Wildman–Crippen LogP) is 2.88. The summed E-state index contributed by atoms with van der Waals surface area (Å²) in [4.78, 5) is 9.62. The summed E-state index contributed by atoms with van der Waals surface area (Å²) in [5.41, 5.74) is 2.51. The molecule has 166 valence electrons. The zero-order valence-electron chi connectivity index (χ0n) is 18.5. The molecule has 6 heteroatoms. The van der Waals surface area contributed by atoms with Crippen molar-refractivity contribution in [1.29, 1.82) is 0 Å². The Morgan fingerprint density at radius 1 is 1.13 bits per heavy atom. The number of rotatable bonds is 7. The van der Waals surface area contributed by atoms with Gasteiger partial charge in [0.1, 0.15) is 0 Å². The molecule has 0 amide bonds. The van der Waals surface area contributed by atoms with E-state index in [0.29, 0.717) is 12.7 Å². The van der Waals surface area contributed by atoms with Crippen LogP contribution in [0.15, 0.2) is 29.3 Å². The molecule has 0 radical (unpaired) electrons. The van der Waals surface area contributed by atoms with Gasteiger partial charge in [0.25, 0.3) is 0 Å². The second-order valence-electron chi connectivity index (χ2n) is 8.95. The van der Waals surface area contributed by atoms with Crippen molar-refractivity contribution in [1.82, 2.24) is 15.1 Å². The highest BCUT2D eigenvalue weighted by Crippen LogP contribution is 2.20. The third kappa shape index (κ3) is 6.19. The Labute approximate surface area is 181 Å². The molecule has 3 aliphatic rings. The predicted molar refractivity (Wildman–Crippen MR) is 121 cm³/mol. The molecule has 1 atom stereocenters. The molecule has 3 fully saturated rings. The lowest BCUT2D eigenvalue weighted by molar-refractivity contribution is -0.0390. The summed E-state index contributed by atoms with van der Waals surface area (Å²) in [5, 5.41) is 3.58. The lowest BCUT2D eigenvalue weighted by atomic mass is 10.1. The maximum atomic E-state index is 6.08. The number of ether oxygens (including phenoxy) is 2. The summed E-state index contributed by atoms with van der Waals surface area (Å²) in [5.74, 6) is 1.80. The average molecular weight is 415 g/mol. The van der Waals surface area contributed by atoms with Crippen molar-refractivity contribution in [2.24, 2.45) is 10.9 Å². The normalized spacial score (nSPS) is 24.0. The van der Waals surface area contributed by atoms with E-state index < -0.39 is 0 Å². The standard InChI is InChI=1S/C24H38N4O2/c1-25-24(28-12-7-22(18-28)17-27-10-2-3-11-27)26-16-20-5-4-6-21(15-20)19-30-23-8-13-29-14-9-23/h4-6,15,22-23H,2-3,7-14,16-19H2,1H3,(H,25,26). The van der Waals surface area contributed by atoms with Crippen LogP contribution in [0.4, 0.5) is 0 Å². The molecule has 0 saturated carbocycles. The van der Waals surface area contributed by atoms with Crippen molar-refractivity contribution < 1.29 is 9.47 Å². The van der Waals surface area contributed by atoms with E-state index >= 15 is 0 Å². The fourth-order valence-corrected chi connectivity index (χ4v) is 4.90. The number of hydrogen-bond acceptors (Lipinski definition) is 4. The average Bonchev–Trinajstić information content (AvgIpc) is 3.47. The van der Waals surface area contributed by atoms with Crippen LogP contribution in [0.25, 0.3) is 0 Å². The fourth-order valence-electron chi connectivity index (χ4n) is 4.90. The van der Waals surface area contributed by atoms with Gasteiger partial charge in [-0.15, -0.1) is 0 Å². The largest absolute Gasteiger partial charge is 0.381 e. The Balaban J connectivity index is 1.23. The van der Waals surface area contributed by atoms with E-state index in [-0.39, 0.29) is 0 Å². The summed E-state index contributed by atoms with van der Waals surface area (Å²) in [6, 6.07) is 8.71. The number of aliphatic imine (C=N–C) groups is 1. The number of guanidine groups is 1. The first-order valence-electron chi connectivity index (χ1n) is 11.8. The third-order valence-electron chi connectivity index (χ3n) is 6.61. The van der Waals surface area contributed by atoms with Gasteiger partial charge in [-0.1, -0.05) is 24.3 Å². The van der Waals surface area contributed by atoms with Gasteiger partial charge in [-0.3, -0.25) is 4.99 Å². The van der Waals surface area contributed by atoms with Gasteiger partial charge >= 0.3 is 0 Å². The minimum absolute atomic E-state index is 0.336. The molecule has 1 aromatic carbocycles. The topological polar surface area (TPSA) is 49.3 Å². The van der Waals surface area contributed by atoms with Gasteiger partial charge < -0.3 is 24.6 Å². The highest BCUT2D eigenvalue weighted by molar-refractivity contribution is 5.80. The van der Waals surface area contributed by atoms with Crippen LogP contribution in [0.3, 0.4) is 0 Å². The van der Waals surface area contributed by atoms with Crippen LogP contribution in [0, 0.1) is 5.92 Å². The zero-order valence-corrected chi connectivity index (χ0v) is 18.5. The van der Waals surface area contributed by atoms with E-state index in [2.05, 4.69) is 44.4 Å². The van der Waals surface area contributed by atoms with Gasteiger partial charge in [0.05, 0.1) is 12.7 Å². The van der Waals surface area contributed by atoms with Crippen LogP contribution in [0.1, 0.15) is 43.2 Å². The minimum atomic E-state index is 0.336. The Kier molecular flexibility index (Phi) is 8.01. The highest BCUT2D eigenvalue weighted by atomic mass is 16.5. The summed E-state index contributed by atoms with van der Waals surface area (Å²) >= 11 is 0.